The Morgan fingerprint density at radius 1 is 1.06 bits per heavy atom. The molecule has 0 radical (unpaired) electrons. The van der Waals surface area contributed by atoms with Gasteiger partial charge in [0.1, 0.15) is 0 Å². The summed E-state index contributed by atoms with van der Waals surface area (Å²) >= 11 is 0. The summed E-state index contributed by atoms with van der Waals surface area (Å²) in [5.41, 5.74) is 6.29. The predicted octanol–water partition coefficient (Wildman–Crippen LogP) is 2.87. The zero-order valence-electron chi connectivity index (χ0n) is 11.7. The van der Waals surface area contributed by atoms with Crippen molar-refractivity contribution in [3.05, 3.63) is 0 Å². The van der Waals surface area contributed by atoms with Gasteiger partial charge >= 0.3 is 0 Å². The van der Waals surface area contributed by atoms with E-state index in [1.807, 2.05) is 0 Å². The molecule has 0 heterocycles. The van der Waals surface area contributed by atoms with Crippen LogP contribution in [0.1, 0.15) is 51.9 Å². The standard InChI is InChI=1S/C15H30N2/c1-3-12-7-8-15(16)14(9-12)11-17(2)10-13-5-4-6-13/h12-15H,3-11,16H2,1-2H3. The average Bonchev–Trinajstić information content (AvgIpc) is 2.27. The van der Waals surface area contributed by atoms with Gasteiger partial charge in [-0.15, -0.1) is 0 Å². The van der Waals surface area contributed by atoms with Crippen molar-refractivity contribution in [1.29, 1.82) is 0 Å². The van der Waals surface area contributed by atoms with Crippen molar-refractivity contribution in [3.63, 3.8) is 0 Å². The molecule has 0 saturated heterocycles. The molecule has 0 aromatic carbocycles. The van der Waals surface area contributed by atoms with Crippen molar-refractivity contribution >= 4 is 0 Å². The molecular weight excluding hydrogens is 208 g/mol. The van der Waals surface area contributed by atoms with E-state index in [-0.39, 0.29) is 0 Å². The minimum Gasteiger partial charge on any atom is -0.327 e. The van der Waals surface area contributed by atoms with E-state index in [9.17, 15) is 0 Å². The van der Waals surface area contributed by atoms with E-state index >= 15 is 0 Å². The van der Waals surface area contributed by atoms with Crippen molar-refractivity contribution in [3.8, 4) is 0 Å². The van der Waals surface area contributed by atoms with Crippen LogP contribution in [-0.4, -0.2) is 31.1 Å². The predicted molar refractivity (Wildman–Crippen MR) is 73.9 cm³/mol. The van der Waals surface area contributed by atoms with Crippen LogP contribution in [0.4, 0.5) is 0 Å². The quantitative estimate of drug-likeness (QED) is 0.798. The van der Waals surface area contributed by atoms with E-state index in [0.29, 0.717) is 6.04 Å². The monoisotopic (exact) mass is 238 g/mol. The highest BCUT2D eigenvalue weighted by Gasteiger charge is 2.29. The fourth-order valence-electron chi connectivity index (χ4n) is 3.56. The van der Waals surface area contributed by atoms with Gasteiger partial charge in [-0.2, -0.15) is 0 Å². The molecule has 2 rings (SSSR count). The van der Waals surface area contributed by atoms with Crippen LogP contribution < -0.4 is 5.73 Å². The molecule has 2 N–H and O–H groups in total. The van der Waals surface area contributed by atoms with Crippen LogP contribution in [-0.2, 0) is 0 Å². The van der Waals surface area contributed by atoms with E-state index < -0.39 is 0 Å². The Hall–Kier alpha value is -0.0800. The minimum absolute atomic E-state index is 0.460. The van der Waals surface area contributed by atoms with E-state index in [1.165, 1.54) is 58.0 Å². The lowest BCUT2D eigenvalue weighted by Crippen LogP contribution is -2.43. The molecule has 2 aliphatic rings. The molecule has 2 heteroatoms. The molecule has 2 saturated carbocycles. The van der Waals surface area contributed by atoms with Crippen molar-refractivity contribution in [2.24, 2.45) is 23.5 Å². The third-order valence-corrected chi connectivity index (χ3v) is 5.07. The smallest absolute Gasteiger partial charge is 0.00795 e. The fraction of sp³-hybridized carbons (Fsp3) is 1.00. The van der Waals surface area contributed by atoms with Gasteiger partial charge in [0.25, 0.3) is 0 Å². The summed E-state index contributed by atoms with van der Waals surface area (Å²) in [7, 11) is 2.29. The van der Waals surface area contributed by atoms with E-state index in [0.717, 1.165) is 17.8 Å². The summed E-state index contributed by atoms with van der Waals surface area (Å²) in [4.78, 5) is 2.55. The molecule has 2 fully saturated rings. The number of nitrogens with zero attached hydrogens (tertiary/aromatic N) is 1. The van der Waals surface area contributed by atoms with Gasteiger partial charge < -0.3 is 10.6 Å². The third-order valence-electron chi connectivity index (χ3n) is 5.07. The first-order valence-corrected chi connectivity index (χ1v) is 7.63. The van der Waals surface area contributed by atoms with E-state index in [4.69, 9.17) is 5.73 Å². The number of nitrogens with two attached hydrogens (primary N) is 1. The lowest BCUT2D eigenvalue weighted by atomic mass is 9.77. The van der Waals surface area contributed by atoms with Crippen molar-refractivity contribution in [2.75, 3.05) is 20.1 Å². The second kappa shape index (κ2) is 6.19. The molecule has 0 spiro atoms. The Labute approximate surface area is 107 Å². The molecular formula is C15H30N2. The van der Waals surface area contributed by atoms with Crippen molar-refractivity contribution in [2.45, 2.75) is 57.9 Å². The SMILES string of the molecule is CCC1CCC(N)C(CN(C)CC2CCC2)C1. The molecule has 3 unspecified atom stereocenters. The summed E-state index contributed by atoms with van der Waals surface area (Å²) in [5, 5.41) is 0. The van der Waals surface area contributed by atoms with Crippen LogP contribution in [0.2, 0.25) is 0 Å². The Bertz CT molecular complexity index is 225. The zero-order chi connectivity index (χ0) is 12.3. The number of rotatable bonds is 5. The maximum Gasteiger partial charge on any atom is 0.00795 e. The summed E-state index contributed by atoms with van der Waals surface area (Å²) in [6.07, 6.45) is 9.69. The molecule has 2 nitrogen and oxygen atoms in total. The fourth-order valence-corrected chi connectivity index (χ4v) is 3.56. The summed E-state index contributed by atoms with van der Waals surface area (Å²) in [6.45, 7) is 4.87. The van der Waals surface area contributed by atoms with Gasteiger partial charge in [-0.25, -0.2) is 0 Å². The molecule has 0 aliphatic heterocycles. The molecule has 2 aliphatic carbocycles. The zero-order valence-corrected chi connectivity index (χ0v) is 11.7. The van der Waals surface area contributed by atoms with Crippen LogP contribution in [0.5, 0.6) is 0 Å². The largest absolute Gasteiger partial charge is 0.327 e. The number of hydrogen-bond acceptors (Lipinski definition) is 2. The second-order valence-corrected chi connectivity index (χ2v) is 6.53. The first-order valence-electron chi connectivity index (χ1n) is 7.63. The maximum absolute atomic E-state index is 6.29. The van der Waals surface area contributed by atoms with Crippen molar-refractivity contribution in [1.82, 2.24) is 4.90 Å². The Morgan fingerprint density at radius 2 is 1.82 bits per heavy atom. The normalized spacial score (nSPS) is 34.9. The highest BCUT2D eigenvalue weighted by molar-refractivity contribution is 4.84. The van der Waals surface area contributed by atoms with Crippen LogP contribution in [0.3, 0.4) is 0 Å². The van der Waals surface area contributed by atoms with Crippen LogP contribution >= 0.6 is 0 Å². The highest BCUT2D eigenvalue weighted by atomic mass is 15.1. The van der Waals surface area contributed by atoms with Gasteiger partial charge in [0.05, 0.1) is 0 Å². The molecule has 0 aromatic heterocycles. The highest BCUT2D eigenvalue weighted by Crippen LogP contribution is 2.32. The van der Waals surface area contributed by atoms with Gasteiger partial charge in [0.2, 0.25) is 0 Å². The van der Waals surface area contributed by atoms with E-state index in [1.54, 1.807) is 0 Å². The van der Waals surface area contributed by atoms with Crippen LogP contribution in [0, 0.1) is 17.8 Å². The minimum atomic E-state index is 0.460. The summed E-state index contributed by atoms with van der Waals surface area (Å²) < 4.78 is 0. The second-order valence-electron chi connectivity index (χ2n) is 6.53. The molecule has 0 amide bonds. The van der Waals surface area contributed by atoms with Gasteiger partial charge in [0, 0.05) is 19.1 Å². The maximum atomic E-state index is 6.29. The number of hydrogen-bond donors (Lipinski definition) is 1. The third kappa shape index (κ3) is 3.69. The van der Waals surface area contributed by atoms with Gasteiger partial charge in [-0.1, -0.05) is 19.8 Å². The Kier molecular flexibility index (Phi) is 4.87. The van der Waals surface area contributed by atoms with E-state index in [2.05, 4.69) is 18.9 Å². The molecule has 3 atom stereocenters. The van der Waals surface area contributed by atoms with Crippen LogP contribution in [0.15, 0.2) is 0 Å². The van der Waals surface area contributed by atoms with Gasteiger partial charge in [-0.05, 0) is 56.9 Å². The molecule has 17 heavy (non-hydrogen) atoms. The first-order chi connectivity index (χ1) is 8.19. The molecule has 0 aromatic rings. The summed E-state index contributed by atoms with van der Waals surface area (Å²) in [6, 6.07) is 0.460. The topological polar surface area (TPSA) is 29.3 Å². The molecule has 100 valence electrons. The Balaban J connectivity index is 1.74. The first kappa shape index (κ1) is 13.4. The van der Waals surface area contributed by atoms with Gasteiger partial charge in [-0.3, -0.25) is 0 Å². The summed E-state index contributed by atoms with van der Waals surface area (Å²) in [5.74, 6) is 2.68. The molecule has 0 bridgehead atoms. The lowest BCUT2D eigenvalue weighted by molar-refractivity contribution is 0.141. The van der Waals surface area contributed by atoms with Gasteiger partial charge in [0.15, 0.2) is 0 Å². The van der Waals surface area contributed by atoms with Crippen molar-refractivity contribution < 1.29 is 0 Å². The lowest BCUT2D eigenvalue weighted by Gasteiger charge is -2.38. The van der Waals surface area contributed by atoms with Crippen LogP contribution in [0.25, 0.3) is 0 Å². The average molecular weight is 238 g/mol. The Morgan fingerprint density at radius 3 is 2.41 bits per heavy atom.